The number of carbonyl (C=O) groups is 1. The molecule has 1 aliphatic heterocycles. The highest BCUT2D eigenvalue weighted by atomic mass is 16.5. The van der Waals surface area contributed by atoms with Crippen molar-refractivity contribution in [3.05, 3.63) is 0 Å². The molecule has 3 aliphatic rings. The second-order valence-electron chi connectivity index (χ2n) is 6.14. The van der Waals surface area contributed by atoms with Crippen molar-refractivity contribution in [1.82, 2.24) is 10.2 Å². The number of amides is 1. The van der Waals surface area contributed by atoms with Crippen LogP contribution in [0.25, 0.3) is 0 Å². The lowest BCUT2D eigenvalue weighted by Gasteiger charge is -2.34. The first-order valence-electron chi connectivity index (χ1n) is 7.38. The van der Waals surface area contributed by atoms with Gasteiger partial charge in [0.2, 0.25) is 5.91 Å². The number of nitrogens with one attached hydrogen (secondary N) is 1. The third kappa shape index (κ3) is 3.04. The predicted octanol–water partition coefficient (Wildman–Crippen LogP) is 1.01. The number of carbonyl (C=O) groups excluding carboxylic acids is 1. The molecule has 2 saturated carbocycles. The lowest BCUT2D eigenvalue weighted by Crippen LogP contribution is -2.57. The number of hydrogen-bond donors (Lipinski definition) is 1. The highest BCUT2D eigenvalue weighted by Crippen LogP contribution is 2.34. The molecule has 0 aromatic rings. The van der Waals surface area contributed by atoms with Gasteiger partial charge in [-0.25, -0.2) is 0 Å². The lowest BCUT2D eigenvalue weighted by molar-refractivity contribution is -0.140. The van der Waals surface area contributed by atoms with Crippen molar-refractivity contribution in [2.75, 3.05) is 26.2 Å². The zero-order valence-electron chi connectivity index (χ0n) is 11.2. The average Bonchev–Trinajstić information content (AvgIpc) is 3.23. The molecule has 0 unspecified atom stereocenters. The Morgan fingerprint density at radius 2 is 1.83 bits per heavy atom. The number of ether oxygens (including phenoxy) is 1. The minimum atomic E-state index is -0.128. The predicted molar refractivity (Wildman–Crippen MR) is 69.2 cm³/mol. The fourth-order valence-electron chi connectivity index (χ4n) is 2.68. The normalized spacial score (nSPS) is 32.3. The Labute approximate surface area is 109 Å². The van der Waals surface area contributed by atoms with Crippen LogP contribution in [0.2, 0.25) is 0 Å². The van der Waals surface area contributed by atoms with Gasteiger partial charge in [-0.05, 0) is 44.4 Å². The van der Waals surface area contributed by atoms with Crippen molar-refractivity contribution in [3.8, 4) is 0 Å². The molecule has 18 heavy (non-hydrogen) atoms. The van der Waals surface area contributed by atoms with Crippen LogP contribution in [-0.2, 0) is 9.53 Å². The second kappa shape index (κ2) is 5.17. The van der Waals surface area contributed by atoms with E-state index in [1.54, 1.807) is 0 Å². The molecule has 102 valence electrons. The number of rotatable bonds is 5. The molecule has 4 heteroatoms. The summed E-state index contributed by atoms with van der Waals surface area (Å²) >= 11 is 0. The molecular weight excluding hydrogens is 228 g/mol. The first kappa shape index (κ1) is 12.4. The van der Waals surface area contributed by atoms with Gasteiger partial charge in [0, 0.05) is 19.6 Å². The zero-order valence-corrected chi connectivity index (χ0v) is 11.2. The molecule has 1 saturated heterocycles. The third-order valence-corrected chi connectivity index (χ3v) is 4.25. The summed E-state index contributed by atoms with van der Waals surface area (Å²) in [6, 6.07) is -0.128. The molecule has 1 N–H and O–H groups in total. The summed E-state index contributed by atoms with van der Waals surface area (Å²) in [6.07, 6.45) is 5.22. The summed E-state index contributed by atoms with van der Waals surface area (Å²) in [5.74, 6) is 1.81. The van der Waals surface area contributed by atoms with Crippen molar-refractivity contribution in [2.24, 2.45) is 11.8 Å². The highest BCUT2D eigenvalue weighted by Gasteiger charge is 2.36. The van der Waals surface area contributed by atoms with Gasteiger partial charge >= 0.3 is 0 Å². The van der Waals surface area contributed by atoms with E-state index in [1.807, 2.05) is 6.92 Å². The molecule has 0 aromatic carbocycles. The quantitative estimate of drug-likeness (QED) is 0.794. The fourth-order valence-corrected chi connectivity index (χ4v) is 2.68. The Morgan fingerprint density at radius 3 is 2.33 bits per heavy atom. The van der Waals surface area contributed by atoms with Gasteiger partial charge in [-0.15, -0.1) is 0 Å². The van der Waals surface area contributed by atoms with Gasteiger partial charge in [0.05, 0.1) is 12.7 Å². The first-order valence-corrected chi connectivity index (χ1v) is 7.38. The Bertz CT molecular complexity index is 299. The molecular formula is C14H24N2O2. The van der Waals surface area contributed by atoms with E-state index in [9.17, 15) is 4.79 Å². The zero-order chi connectivity index (χ0) is 12.5. The topological polar surface area (TPSA) is 41.6 Å². The minimum Gasteiger partial charge on any atom is -0.375 e. The van der Waals surface area contributed by atoms with E-state index in [4.69, 9.17) is 4.74 Å². The Balaban J connectivity index is 1.61. The van der Waals surface area contributed by atoms with E-state index in [2.05, 4.69) is 10.2 Å². The molecule has 2 aliphatic carbocycles. The maximum absolute atomic E-state index is 12.6. The summed E-state index contributed by atoms with van der Waals surface area (Å²) in [7, 11) is 0. The van der Waals surface area contributed by atoms with Gasteiger partial charge in [-0.3, -0.25) is 4.79 Å². The molecule has 4 nitrogen and oxygen atoms in total. The largest absolute Gasteiger partial charge is 0.375 e. The molecule has 2 atom stereocenters. The Morgan fingerprint density at radius 1 is 1.22 bits per heavy atom. The third-order valence-electron chi connectivity index (χ3n) is 4.25. The second-order valence-corrected chi connectivity index (χ2v) is 6.14. The van der Waals surface area contributed by atoms with E-state index in [0.29, 0.717) is 0 Å². The molecule has 1 amide bonds. The maximum atomic E-state index is 12.6. The van der Waals surface area contributed by atoms with E-state index >= 15 is 0 Å². The smallest absolute Gasteiger partial charge is 0.242 e. The van der Waals surface area contributed by atoms with Crippen LogP contribution < -0.4 is 5.32 Å². The molecule has 0 bridgehead atoms. The van der Waals surface area contributed by atoms with Crippen LogP contribution in [0, 0.1) is 11.8 Å². The number of morpholine rings is 1. The van der Waals surface area contributed by atoms with Crippen molar-refractivity contribution >= 4 is 5.91 Å². The van der Waals surface area contributed by atoms with Crippen LogP contribution >= 0.6 is 0 Å². The molecule has 3 fully saturated rings. The first-order chi connectivity index (χ1) is 8.74. The summed E-state index contributed by atoms with van der Waals surface area (Å²) in [5.41, 5.74) is 0. The molecule has 3 rings (SSSR count). The Kier molecular flexibility index (Phi) is 3.57. The fraction of sp³-hybridized carbons (Fsp3) is 0.929. The number of hydrogen-bond acceptors (Lipinski definition) is 3. The van der Waals surface area contributed by atoms with Gasteiger partial charge in [-0.2, -0.15) is 0 Å². The summed E-state index contributed by atoms with van der Waals surface area (Å²) in [6.45, 7) is 5.46. The van der Waals surface area contributed by atoms with Gasteiger partial charge in [0.1, 0.15) is 6.04 Å². The lowest BCUT2D eigenvalue weighted by atomic mass is 10.1. The van der Waals surface area contributed by atoms with Crippen LogP contribution in [0.4, 0.5) is 0 Å². The number of nitrogens with zero attached hydrogens (tertiary/aromatic N) is 1. The van der Waals surface area contributed by atoms with Gasteiger partial charge in [0.15, 0.2) is 0 Å². The SMILES string of the molecule is C[C@H]1OCCN[C@@H]1C(=O)N(CC1CC1)CC1CC1. The standard InChI is InChI=1S/C14H24N2O2/c1-10-13(15-6-7-18-10)14(17)16(8-11-2-3-11)9-12-4-5-12/h10-13,15H,2-9H2,1H3/t10-,13+/m1/s1. The van der Waals surface area contributed by atoms with Crippen molar-refractivity contribution in [1.29, 1.82) is 0 Å². The molecule has 0 aromatic heterocycles. The van der Waals surface area contributed by atoms with Gasteiger partial charge < -0.3 is 15.0 Å². The molecule has 0 spiro atoms. The summed E-state index contributed by atoms with van der Waals surface area (Å²) < 4.78 is 5.59. The van der Waals surface area contributed by atoms with Crippen LogP contribution in [0.15, 0.2) is 0 Å². The molecule has 1 heterocycles. The van der Waals surface area contributed by atoms with E-state index in [-0.39, 0.29) is 18.1 Å². The van der Waals surface area contributed by atoms with Gasteiger partial charge in [0.25, 0.3) is 0 Å². The van der Waals surface area contributed by atoms with Crippen LogP contribution in [-0.4, -0.2) is 49.2 Å². The molecule has 0 radical (unpaired) electrons. The minimum absolute atomic E-state index is 0.00663. The van der Waals surface area contributed by atoms with E-state index < -0.39 is 0 Å². The van der Waals surface area contributed by atoms with Crippen LogP contribution in [0.1, 0.15) is 32.6 Å². The summed E-state index contributed by atoms with van der Waals surface area (Å²) in [4.78, 5) is 14.7. The van der Waals surface area contributed by atoms with E-state index in [0.717, 1.165) is 38.1 Å². The highest BCUT2D eigenvalue weighted by molar-refractivity contribution is 5.82. The van der Waals surface area contributed by atoms with E-state index in [1.165, 1.54) is 25.7 Å². The van der Waals surface area contributed by atoms with Crippen molar-refractivity contribution in [2.45, 2.75) is 44.8 Å². The summed E-state index contributed by atoms with van der Waals surface area (Å²) in [5, 5.41) is 3.32. The van der Waals surface area contributed by atoms with Crippen LogP contribution in [0.5, 0.6) is 0 Å². The van der Waals surface area contributed by atoms with Crippen molar-refractivity contribution in [3.63, 3.8) is 0 Å². The van der Waals surface area contributed by atoms with Crippen LogP contribution in [0.3, 0.4) is 0 Å². The average molecular weight is 252 g/mol. The van der Waals surface area contributed by atoms with Gasteiger partial charge in [-0.1, -0.05) is 0 Å². The maximum Gasteiger partial charge on any atom is 0.242 e. The monoisotopic (exact) mass is 252 g/mol. The Hall–Kier alpha value is -0.610. The van der Waals surface area contributed by atoms with Crippen molar-refractivity contribution < 1.29 is 9.53 Å².